The fourth-order valence-electron chi connectivity index (χ4n) is 20.1. The summed E-state index contributed by atoms with van der Waals surface area (Å²) in [6.45, 7) is 26.9. The smallest absolute Gasteiger partial charge is 0.445 e. The van der Waals surface area contributed by atoms with E-state index in [-0.39, 0.29) is 130 Å². The summed E-state index contributed by atoms with van der Waals surface area (Å²) in [5.74, 6) is -3.19. The molecule has 3 saturated heterocycles. The van der Waals surface area contributed by atoms with Crippen molar-refractivity contribution in [3.63, 3.8) is 0 Å². The molecule has 7 aliphatic rings. The number of alkyl carbamates (subject to hydrolysis) is 1. The number of carbonyl (C=O) groups is 8. The number of Topliss-reactive ketones (excluding diaryl/α,β-unsaturated/α-hetero) is 2. The van der Waals surface area contributed by atoms with Gasteiger partial charge >= 0.3 is 20.0 Å². The van der Waals surface area contributed by atoms with Gasteiger partial charge in [-0.2, -0.15) is 10.1 Å². The van der Waals surface area contributed by atoms with E-state index in [1.54, 1.807) is 73.4 Å². The van der Waals surface area contributed by atoms with Crippen LogP contribution >= 0.6 is 0 Å². The first kappa shape index (κ1) is 97.6. The summed E-state index contributed by atoms with van der Waals surface area (Å²) in [6.07, 6.45) is 23.0. The predicted octanol–water partition coefficient (Wildman–Crippen LogP) is 16.0. The maximum absolute atomic E-state index is 16.2. The first-order valence-electron chi connectivity index (χ1n) is 45.1. The third-order valence-electron chi connectivity index (χ3n) is 25.6. The van der Waals surface area contributed by atoms with Crippen LogP contribution in [0.1, 0.15) is 251 Å². The average Bonchev–Trinajstić information content (AvgIpc) is 1.58. The topological polar surface area (TPSA) is 272 Å². The number of piperidine rings is 2. The number of nitrogens with zero attached hydrogens (tertiary/aromatic N) is 7. The summed E-state index contributed by atoms with van der Waals surface area (Å²) in [6, 6.07) is 19.9. The van der Waals surface area contributed by atoms with Gasteiger partial charge in [0.25, 0.3) is 0 Å². The molecule has 0 spiro atoms. The lowest BCUT2D eigenvalue weighted by atomic mass is 9.73. The molecule has 0 aliphatic carbocycles. The number of likely N-dealkylation sites (tertiary alicyclic amines) is 1. The van der Waals surface area contributed by atoms with Crippen LogP contribution in [0.25, 0.3) is 12.2 Å². The Kier molecular flexibility index (Phi) is 32.0. The van der Waals surface area contributed by atoms with E-state index in [9.17, 15) is 48.8 Å². The van der Waals surface area contributed by atoms with Crippen molar-refractivity contribution in [1.29, 1.82) is 0 Å². The van der Waals surface area contributed by atoms with E-state index >= 15 is 17.3 Å². The maximum atomic E-state index is 16.2. The largest absolute Gasteiger partial charge is 0.737 e. The van der Waals surface area contributed by atoms with E-state index in [1.165, 1.54) is 10.1 Å². The molecule has 4 aromatic rings. The Hall–Kier alpha value is -9.57. The monoisotopic (exact) mass is 1730 g/mol. The predicted molar refractivity (Wildman–Crippen MR) is 483 cm³/mol. The SMILES string of the molecule is Cc1cc(C)n2c1C=C1C=CC(CCC(=O)N[C@H](/C=C/CC(=O)NC3CC(C)(C)N(O)C(C)(C)C3)CC(C)C)=[N+]1[B-]2(F)F.Cc1cc(C)n2c1C=C1C=CC(CCC(=O)N[C@H](/C=C/[C@H](Cc3ccccc3)C(=O)N3CCC[C@H]3C(=O)C[C@H](C(=O)N[C@@H](CCCNC(=O)OCc3ccccc3)C(=O)CC3CC(C)(C)N(O)C(C)(C)C3)C(C)C)CC(C)C)=[N+]1[B-]2(F)F. The Morgan fingerprint density at radius 1 is 0.616 bits per heavy atom. The molecule has 29 heteroatoms. The number of hydrogen-bond donors (Lipinski definition) is 7. The van der Waals surface area contributed by atoms with Gasteiger partial charge in [-0.15, -0.1) is 0 Å². The third-order valence-corrected chi connectivity index (χ3v) is 25.6. The minimum absolute atomic E-state index is 0.0296. The summed E-state index contributed by atoms with van der Waals surface area (Å²) in [5.41, 5.74) is 4.86. The number of allylic oxidation sites excluding steroid dienone is 4. The summed E-state index contributed by atoms with van der Waals surface area (Å²) in [4.78, 5) is 112. The highest BCUT2D eigenvalue weighted by molar-refractivity contribution is 6.58. The summed E-state index contributed by atoms with van der Waals surface area (Å²) in [7, 11) is 0. The van der Waals surface area contributed by atoms with Crippen LogP contribution in [0.5, 0.6) is 0 Å². The molecule has 0 saturated carbocycles. The van der Waals surface area contributed by atoms with Crippen LogP contribution < -0.4 is 26.6 Å². The molecule has 11 rings (SSSR count). The molecule has 23 nitrogen and oxygen atoms in total. The Bertz CT molecular complexity index is 4830. The fourth-order valence-corrected chi connectivity index (χ4v) is 20.1. The van der Waals surface area contributed by atoms with Gasteiger partial charge in [-0.25, -0.2) is 4.79 Å². The van der Waals surface area contributed by atoms with Crippen molar-refractivity contribution in [2.45, 2.75) is 299 Å². The highest BCUT2D eigenvalue weighted by atomic mass is 19.3. The molecule has 6 atom stereocenters. The summed E-state index contributed by atoms with van der Waals surface area (Å²) >= 11 is 0. The zero-order valence-corrected chi connectivity index (χ0v) is 76.8. The third kappa shape index (κ3) is 24.4. The van der Waals surface area contributed by atoms with Crippen molar-refractivity contribution in [2.75, 3.05) is 13.1 Å². The fraction of sp³-hybridized carbons (Fsp3) is 0.562. The number of halogens is 4. The Morgan fingerprint density at radius 3 is 1.60 bits per heavy atom. The van der Waals surface area contributed by atoms with E-state index < -0.39 is 78.1 Å². The number of hydroxylamine groups is 4. The van der Waals surface area contributed by atoms with Crippen LogP contribution in [-0.2, 0) is 51.3 Å². The lowest BCUT2D eigenvalue weighted by Crippen LogP contribution is -2.62. The maximum Gasteiger partial charge on any atom is 0.737 e. The Labute approximate surface area is 736 Å². The quantitative estimate of drug-likeness (QED) is 0.00967. The van der Waals surface area contributed by atoms with E-state index in [1.807, 2.05) is 176 Å². The van der Waals surface area contributed by atoms with Gasteiger partial charge in [0.2, 0.25) is 29.5 Å². The molecule has 125 heavy (non-hydrogen) atoms. The molecule has 0 bridgehead atoms. The molecular formula is C96H136B2F4N12O11. The van der Waals surface area contributed by atoms with E-state index in [4.69, 9.17) is 4.74 Å². The number of amides is 6. The molecule has 680 valence electrons. The van der Waals surface area contributed by atoms with Gasteiger partial charge in [0.15, 0.2) is 23.0 Å². The number of ether oxygens (including phenoxy) is 1. The Morgan fingerprint density at radius 2 is 1.10 bits per heavy atom. The normalized spacial score (nSPS) is 20.4. The second-order valence-electron chi connectivity index (χ2n) is 39.5. The highest BCUT2D eigenvalue weighted by Crippen LogP contribution is 2.43. The van der Waals surface area contributed by atoms with Crippen LogP contribution in [0.4, 0.5) is 22.1 Å². The average molecular weight is 1730 g/mol. The number of rotatable bonds is 36. The van der Waals surface area contributed by atoms with Crippen molar-refractivity contribution in [2.24, 2.45) is 35.5 Å². The van der Waals surface area contributed by atoms with Crippen LogP contribution in [-0.4, -0.2) is 181 Å². The first-order valence-corrected chi connectivity index (χ1v) is 45.1. The number of aromatic nitrogens is 2. The van der Waals surface area contributed by atoms with Crippen LogP contribution in [0.15, 0.2) is 133 Å². The second-order valence-corrected chi connectivity index (χ2v) is 39.5. The molecule has 7 aliphatic heterocycles. The Balaban J connectivity index is 0.000000318. The van der Waals surface area contributed by atoms with Gasteiger partial charge in [-0.3, -0.25) is 33.6 Å². The van der Waals surface area contributed by atoms with Crippen molar-refractivity contribution in [1.82, 2.24) is 50.6 Å². The summed E-state index contributed by atoms with van der Waals surface area (Å²) in [5, 5.41) is 39.3. The van der Waals surface area contributed by atoms with Crippen molar-refractivity contribution in [3.05, 3.63) is 178 Å². The molecule has 2 aromatic carbocycles. The zero-order valence-electron chi connectivity index (χ0n) is 76.8. The van der Waals surface area contributed by atoms with E-state index in [0.717, 1.165) is 40.2 Å². The standard InChI is InChI=1S/C64H88BF2N7O8.C32H48BF2N5O3/c1-42(2)33-50(69-59(77)30-29-51-27-28-52-37-56-44(5)34-45(6)72(56)65(66,67)73(51)52)26-25-49(35-46-19-13-11-14-20-46)61(79)71-32-18-24-55(71)58(76)38-53(43(3)4)60(78)70-54(23-17-31-68-62(80)82-41-47-21-15-12-16-22-47)57(75)36-48-39-63(7,8)74(81)64(9,10)40-48;1-21(2)16-24(10-9-11-29(41)37-25-19-31(5,6)40(43)32(7,8)20-25)36-30(42)15-14-26-12-13-27-18-28-22(3)17-23(4)38(28)33(34,35)39(26)27/h11-16,19-22,25-28,34,37,42-43,48-50,53-55,81H,17-18,23-24,29-33,35-36,38-41H2,1-10H3,(H,68,80)(H,69,77)(H,70,78);9-10,12-13,17-18,21,24-25,43H,11,14-16,19-20H2,1-8H3,(H,36,42)(H,37,41)/b26-25+;10-9+/t49-,50-,53+,54+,55+;24-/m11/s1. The number of nitrogens with one attached hydrogen (secondary N) is 5. The lowest BCUT2D eigenvalue weighted by molar-refractivity contribution is -0.363. The van der Waals surface area contributed by atoms with Crippen molar-refractivity contribution >= 4 is 84.7 Å². The van der Waals surface area contributed by atoms with Crippen molar-refractivity contribution < 1.29 is 79.7 Å². The number of benzene rings is 2. The molecule has 7 N–H and O–H groups in total. The minimum Gasteiger partial charge on any atom is -0.445 e. The van der Waals surface area contributed by atoms with Gasteiger partial charge in [-0.05, 0) is 223 Å². The van der Waals surface area contributed by atoms with Crippen LogP contribution in [0, 0.1) is 63.2 Å². The first-order chi connectivity index (χ1) is 58.7. The molecule has 3 fully saturated rings. The van der Waals surface area contributed by atoms with Gasteiger partial charge in [0.05, 0.1) is 18.0 Å². The lowest BCUT2D eigenvalue weighted by Gasteiger charge is -2.51. The van der Waals surface area contributed by atoms with Gasteiger partial charge in [0, 0.05) is 152 Å². The van der Waals surface area contributed by atoms with Crippen molar-refractivity contribution in [3.8, 4) is 0 Å². The minimum atomic E-state index is -4.17. The molecule has 0 unspecified atom stereocenters. The number of fused-ring (bicyclic) bond motifs is 4. The van der Waals surface area contributed by atoms with Gasteiger partial charge in [0.1, 0.15) is 18.0 Å². The number of ketones is 2. The second kappa shape index (κ2) is 41.0. The molecule has 0 radical (unpaired) electrons. The highest BCUT2D eigenvalue weighted by Gasteiger charge is 2.55. The molecule has 6 amide bonds. The van der Waals surface area contributed by atoms with Gasteiger partial charge in [-0.1, -0.05) is 127 Å². The number of hydrogen-bond acceptors (Lipinski definition) is 13. The molecule has 9 heterocycles. The number of carbonyl (C=O) groups excluding carboxylic acids is 8. The summed E-state index contributed by atoms with van der Waals surface area (Å²) < 4.78 is 73.5. The van der Waals surface area contributed by atoms with Crippen LogP contribution in [0.2, 0.25) is 0 Å². The van der Waals surface area contributed by atoms with Gasteiger partial charge < -0.3 is 81.8 Å². The molecule has 2 aromatic heterocycles. The zero-order chi connectivity index (χ0) is 91.6. The number of aryl methyl sites for hydroxylation is 4. The van der Waals surface area contributed by atoms with Crippen LogP contribution in [0.3, 0.4) is 0 Å². The van der Waals surface area contributed by atoms with E-state index in [2.05, 4.69) is 40.4 Å². The van der Waals surface area contributed by atoms with E-state index in [0.29, 0.717) is 122 Å². The molecular weight excluding hydrogens is 1590 g/mol.